The molecular formula is C14H24N2O. The minimum Gasteiger partial charge on any atom is -0.370 e. The van der Waals surface area contributed by atoms with Gasteiger partial charge in [-0.25, -0.2) is 0 Å². The number of ether oxygens (including phenoxy) is 1. The molecule has 0 radical (unpaired) electrons. The Kier molecular flexibility index (Phi) is 4.42. The summed E-state index contributed by atoms with van der Waals surface area (Å²) in [5.74, 6) is 0. The third-order valence-electron chi connectivity index (χ3n) is 4.15. The highest BCUT2D eigenvalue weighted by Crippen LogP contribution is 2.43. The lowest BCUT2D eigenvalue weighted by Gasteiger charge is -2.26. The van der Waals surface area contributed by atoms with Gasteiger partial charge in [0.1, 0.15) is 0 Å². The molecule has 0 aromatic heterocycles. The van der Waals surface area contributed by atoms with E-state index in [1.807, 2.05) is 0 Å². The summed E-state index contributed by atoms with van der Waals surface area (Å²) in [5.41, 5.74) is 0.231. The van der Waals surface area contributed by atoms with Crippen LogP contribution in [-0.4, -0.2) is 36.2 Å². The molecule has 2 fully saturated rings. The zero-order valence-electron chi connectivity index (χ0n) is 11.0. The maximum Gasteiger partial charge on any atom is 0.0866 e. The summed E-state index contributed by atoms with van der Waals surface area (Å²) in [6.45, 7) is 4.67. The molecule has 1 atom stereocenters. The van der Waals surface area contributed by atoms with Gasteiger partial charge in [0, 0.05) is 6.54 Å². The molecule has 1 spiro atoms. The van der Waals surface area contributed by atoms with Gasteiger partial charge >= 0.3 is 0 Å². The molecule has 96 valence electrons. The predicted octanol–water partition coefficient (Wildman–Crippen LogP) is 2.71. The molecule has 0 aromatic carbocycles. The van der Waals surface area contributed by atoms with Crippen molar-refractivity contribution in [2.24, 2.45) is 0 Å². The quantitative estimate of drug-likeness (QED) is 0.689. The minimum absolute atomic E-state index is 0.231. The van der Waals surface area contributed by atoms with E-state index in [1.165, 1.54) is 38.5 Å². The topological polar surface area (TPSA) is 36.3 Å². The first-order valence-electron chi connectivity index (χ1n) is 7.05. The van der Waals surface area contributed by atoms with Crippen LogP contribution in [0.3, 0.4) is 0 Å². The van der Waals surface area contributed by atoms with Crippen molar-refractivity contribution < 1.29 is 4.74 Å². The summed E-state index contributed by atoms with van der Waals surface area (Å²) in [6.07, 6.45) is 9.10. The Morgan fingerprint density at radius 2 is 2.12 bits per heavy atom. The number of nitrogens with zero attached hydrogens (tertiary/aromatic N) is 2. The second kappa shape index (κ2) is 5.84. The van der Waals surface area contributed by atoms with E-state index < -0.39 is 0 Å². The smallest absolute Gasteiger partial charge is 0.0866 e. The Hall–Kier alpha value is -0.590. The zero-order chi connectivity index (χ0) is 12.1. The second-order valence-corrected chi connectivity index (χ2v) is 5.56. The normalized spacial score (nSPS) is 26.8. The molecule has 1 aliphatic heterocycles. The Labute approximate surface area is 105 Å². The van der Waals surface area contributed by atoms with Gasteiger partial charge in [0.2, 0.25) is 0 Å². The van der Waals surface area contributed by atoms with E-state index in [1.54, 1.807) is 0 Å². The average Bonchev–Trinajstić information content (AvgIpc) is 2.91. The molecule has 1 saturated carbocycles. The van der Waals surface area contributed by atoms with Crippen molar-refractivity contribution >= 4 is 0 Å². The van der Waals surface area contributed by atoms with Crippen LogP contribution in [0.25, 0.3) is 0 Å². The van der Waals surface area contributed by atoms with E-state index in [0.29, 0.717) is 12.6 Å². The van der Waals surface area contributed by atoms with Crippen LogP contribution in [0.4, 0.5) is 0 Å². The Bertz CT molecular complexity index is 278. The Morgan fingerprint density at radius 3 is 2.76 bits per heavy atom. The summed E-state index contributed by atoms with van der Waals surface area (Å²) >= 11 is 0. The van der Waals surface area contributed by atoms with Crippen molar-refractivity contribution in [1.29, 1.82) is 5.26 Å². The molecule has 3 nitrogen and oxygen atoms in total. The molecule has 1 unspecified atom stereocenters. The fraction of sp³-hybridized carbons (Fsp3) is 0.929. The van der Waals surface area contributed by atoms with E-state index in [-0.39, 0.29) is 5.60 Å². The summed E-state index contributed by atoms with van der Waals surface area (Å²) < 4.78 is 6.28. The van der Waals surface area contributed by atoms with Crippen molar-refractivity contribution in [3.8, 4) is 6.07 Å². The van der Waals surface area contributed by atoms with E-state index in [2.05, 4.69) is 17.9 Å². The fourth-order valence-corrected chi connectivity index (χ4v) is 3.35. The molecule has 0 aromatic rings. The molecule has 3 heteroatoms. The maximum atomic E-state index is 8.81. The zero-order valence-corrected chi connectivity index (χ0v) is 11.0. The molecule has 0 amide bonds. The van der Waals surface area contributed by atoms with Crippen LogP contribution in [0.1, 0.15) is 51.9 Å². The van der Waals surface area contributed by atoms with Crippen LogP contribution < -0.4 is 0 Å². The van der Waals surface area contributed by atoms with Crippen LogP contribution in [0, 0.1) is 11.3 Å². The second-order valence-electron chi connectivity index (χ2n) is 5.56. The van der Waals surface area contributed by atoms with E-state index in [9.17, 15) is 0 Å². The molecule has 2 rings (SSSR count). The third kappa shape index (κ3) is 3.20. The molecule has 1 saturated heterocycles. The summed E-state index contributed by atoms with van der Waals surface area (Å²) in [4.78, 5) is 2.23. The number of hydrogen-bond acceptors (Lipinski definition) is 3. The van der Waals surface area contributed by atoms with Crippen molar-refractivity contribution in [3.63, 3.8) is 0 Å². The summed E-state index contributed by atoms with van der Waals surface area (Å²) in [7, 11) is 0. The average molecular weight is 236 g/mol. The largest absolute Gasteiger partial charge is 0.370 e. The molecular weight excluding hydrogens is 212 g/mol. The number of rotatable bonds is 5. The first-order valence-corrected chi connectivity index (χ1v) is 7.05. The van der Waals surface area contributed by atoms with Crippen molar-refractivity contribution in [2.45, 2.75) is 63.6 Å². The fourth-order valence-electron chi connectivity index (χ4n) is 3.35. The van der Waals surface area contributed by atoms with Crippen LogP contribution in [0.15, 0.2) is 0 Å². The highest BCUT2D eigenvalue weighted by atomic mass is 16.5. The monoisotopic (exact) mass is 236 g/mol. The van der Waals surface area contributed by atoms with Gasteiger partial charge < -0.3 is 4.74 Å². The lowest BCUT2D eigenvalue weighted by atomic mass is 9.98. The third-order valence-corrected chi connectivity index (χ3v) is 4.15. The first-order chi connectivity index (χ1) is 8.28. The summed E-state index contributed by atoms with van der Waals surface area (Å²) in [6, 6.07) is 2.26. The van der Waals surface area contributed by atoms with Gasteiger partial charge in [0.15, 0.2) is 0 Å². The predicted molar refractivity (Wildman–Crippen MR) is 67.7 cm³/mol. The Morgan fingerprint density at radius 1 is 1.35 bits per heavy atom. The van der Waals surface area contributed by atoms with E-state index >= 15 is 0 Å². The van der Waals surface area contributed by atoms with Crippen molar-refractivity contribution in [2.75, 3.05) is 19.6 Å². The van der Waals surface area contributed by atoms with Crippen LogP contribution in [0.5, 0.6) is 0 Å². The van der Waals surface area contributed by atoms with E-state index in [4.69, 9.17) is 10.00 Å². The first kappa shape index (κ1) is 12.9. The minimum atomic E-state index is 0.231. The molecule has 0 bridgehead atoms. The molecule has 2 aliphatic rings. The molecule has 0 N–H and O–H groups in total. The summed E-state index contributed by atoms with van der Waals surface area (Å²) in [5, 5.41) is 8.81. The van der Waals surface area contributed by atoms with Gasteiger partial charge in [0.25, 0.3) is 0 Å². The van der Waals surface area contributed by atoms with Crippen molar-refractivity contribution in [1.82, 2.24) is 4.90 Å². The van der Waals surface area contributed by atoms with Crippen LogP contribution in [-0.2, 0) is 4.74 Å². The number of nitriles is 1. The SMILES string of the molecule is CCCN(CC#N)CC1CCC2(CCCC2)O1. The van der Waals surface area contributed by atoms with Gasteiger partial charge in [0.05, 0.1) is 24.3 Å². The van der Waals surface area contributed by atoms with Gasteiger partial charge in [-0.2, -0.15) is 5.26 Å². The van der Waals surface area contributed by atoms with Gasteiger partial charge in [-0.15, -0.1) is 0 Å². The van der Waals surface area contributed by atoms with Gasteiger partial charge in [-0.1, -0.05) is 19.8 Å². The van der Waals surface area contributed by atoms with Gasteiger partial charge in [-0.3, -0.25) is 4.90 Å². The lowest BCUT2D eigenvalue weighted by molar-refractivity contribution is -0.0461. The standard InChI is InChI=1S/C14H24N2O/c1-2-10-16(11-9-15)12-13-5-8-14(17-13)6-3-4-7-14/h13H,2-8,10-12H2,1H3. The molecule has 17 heavy (non-hydrogen) atoms. The molecule has 1 aliphatic carbocycles. The maximum absolute atomic E-state index is 8.81. The van der Waals surface area contributed by atoms with Crippen LogP contribution >= 0.6 is 0 Å². The van der Waals surface area contributed by atoms with Crippen molar-refractivity contribution in [3.05, 3.63) is 0 Å². The highest BCUT2D eigenvalue weighted by Gasteiger charge is 2.42. The molecule has 1 heterocycles. The number of hydrogen-bond donors (Lipinski definition) is 0. The Balaban J connectivity index is 1.81. The highest BCUT2D eigenvalue weighted by molar-refractivity contribution is 4.93. The van der Waals surface area contributed by atoms with E-state index in [0.717, 1.165) is 19.5 Å². The van der Waals surface area contributed by atoms with Crippen LogP contribution in [0.2, 0.25) is 0 Å². The lowest BCUT2D eigenvalue weighted by Crippen LogP contribution is -2.35. The van der Waals surface area contributed by atoms with Gasteiger partial charge in [-0.05, 0) is 38.6 Å².